The summed E-state index contributed by atoms with van der Waals surface area (Å²) >= 11 is 0. The predicted octanol–water partition coefficient (Wildman–Crippen LogP) is 2.62. The Balaban J connectivity index is 1.66. The number of carbonyl (C=O) groups excluding carboxylic acids is 3. The number of piperidine rings is 2. The van der Waals surface area contributed by atoms with Crippen molar-refractivity contribution in [1.82, 2.24) is 20.7 Å². The number of hydrogen-bond acceptors (Lipinski definition) is 8. The van der Waals surface area contributed by atoms with Gasteiger partial charge in [-0.3, -0.25) is 19.2 Å². The topological polar surface area (TPSA) is 138 Å². The third kappa shape index (κ3) is 9.29. The highest BCUT2D eigenvalue weighted by Gasteiger charge is 2.35. The minimum atomic E-state index is -1.20. The van der Waals surface area contributed by atoms with E-state index in [1.54, 1.807) is 17.0 Å². The molecule has 216 valence electrons. The largest absolute Gasteiger partial charge is 0.480 e. The highest BCUT2D eigenvalue weighted by molar-refractivity contribution is 6.05. The molecule has 11 heteroatoms. The highest BCUT2D eigenvalue weighted by Crippen LogP contribution is 2.23. The Kier molecular flexibility index (Phi) is 11.7. The monoisotopic (exact) mass is 546 g/mol. The molecule has 1 aromatic carbocycles. The molecule has 0 spiro atoms. The maximum atomic E-state index is 13.6. The number of rotatable bonds is 12. The number of carbonyl (C=O) groups is 4. The van der Waals surface area contributed by atoms with E-state index in [1.165, 1.54) is 19.1 Å². The quantitative estimate of drug-likeness (QED) is 0.205. The number of imide groups is 1. The molecular weight excluding hydrogens is 504 g/mol. The van der Waals surface area contributed by atoms with Gasteiger partial charge in [-0.25, -0.2) is 10.4 Å². The van der Waals surface area contributed by atoms with Crippen LogP contribution in [0.25, 0.3) is 0 Å². The first kappa shape index (κ1) is 30.5. The second-order valence-electron chi connectivity index (χ2n) is 10.9. The van der Waals surface area contributed by atoms with Crippen molar-refractivity contribution in [3.8, 4) is 5.75 Å². The van der Waals surface area contributed by atoms with Crippen molar-refractivity contribution < 1.29 is 34.1 Å². The van der Waals surface area contributed by atoms with Crippen LogP contribution in [-0.4, -0.2) is 77.5 Å². The molecule has 2 saturated heterocycles. The Bertz CT molecular complexity index is 979. The average molecular weight is 547 g/mol. The third-order valence-corrected chi connectivity index (χ3v) is 7.12. The van der Waals surface area contributed by atoms with Crippen LogP contribution in [0.3, 0.4) is 0 Å². The van der Waals surface area contributed by atoms with Crippen molar-refractivity contribution in [3.63, 3.8) is 0 Å². The Labute approximate surface area is 230 Å². The van der Waals surface area contributed by atoms with Gasteiger partial charge in [0.25, 0.3) is 5.91 Å². The molecule has 0 radical (unpaired) electrons. The number of amides is 3. The van der Waals surface area contributed by atoms with Crippen LogP contribution in [0.1, 0.15) is 69.7 Å². The van der Waals surface area contributed by atoms with Crippen molar-refractivity contribution in [3.05, 3.63) is 29.8 Å². The number of hydrazine groups is 1. The van der Waals surface area contributed by atoms with Gasteiger partial charge < -0.3 is 20.2 Å². The molecule has 2 heterocycles. The normalized spacial score (nSPS) is 19.0. The van der Waals surface area contributed by atoms with E-state index in [0.29, 0.717) is 44.1 Å². The van der Waals surface area contributed by atoms with E-state index >= 15 is 0 Å². The Morgan fingerprint density at radius 2 is 1.79 bits per heavy atom. The van der Waals surface area contributed by atoms with Gasteiger partial charge in [-0.1, -0.05) is 13.8 Å². The van der Waals surface area contributed by atoms with Crippen LogP contribution in [0.4, 0.5) is 0 Å². The second kappa shape index (κ2) is 14.9. The van der Waals surface area contributed by atoms with Crippen molar-refractivity contribution in [2.45, 2.75) is 65.3 Å². The fourth-order valence-corrected chi connectivity index (χ4v) is 4.74. The van der Waals surface area contributed by atoms with Crippen LogP contribution in [0, 0.1) is 17.8 Å². The van der Waals surface area contributed by atoms with Gasteiger partial charge in [-0.05, 0) is 88.2 Å². The zero-order chi connectivity index (χ0) is 28.4. The number of aliphatic carboxylic acids is 1. The van der Waals surface area contributed by atoms with Gasteiger partial charge in [0.2, 0.25) is 11.8 Å². The number of nitrogens with zero attached hydrogens (tertiary/aromatic N) is 2. The molecule has 0 aliphatic carbocycles. The third-order valence-electron chi connectivity index (χ3n) is 7.12. The summed E-state index contributed by atoms with van der Waals surface area (Å²) in [7, 11) is 0. The first-order valence-electron chi connectivity index (χ1n) is 13.9. The zero-order valence-corrected chi connectivity index (χ0v) is 23.2. The van der Waals surface area contributed by atoms with Crippen molar-refractivity contribution in [2.75, 3.05) is 32.8 Å². The van der Waals surface area contributed by atoms with Gasteiger partial charge in [0.05, 0.1) is 12.5 Å². The smallest absolute Gasteiger partial charge is 0.322 e. The number of carboxylic acids is 1. The minimum absolute atomic E-state index is 0.0195. The van der Waals surface area contributed by atoms with Gasteiger partial charge >= 0.3 is 5.97 Å². The van der Waals surface area contributed by atoms with E-state index < -0.39 is 29.7 Å². The lowest BCUT2D eigenvalue weighted by Crippen LogP contribution is -2.56. The van der Waals surface area contributed by atoms with Crippen molar-refractivity contribution in [2.24, 2.45) is 17.8 Å². The number of benzene rings is 1. The number of likely N-dealkylation sites (tertiary alicyclic amines) is 1. The summed E-state index contributed by atoms with van der Waals surface area (Å²) in [5.41, 5.74) is 2.73. The number of hydrogen-bond donors (Lipinski definition) is 3. The maximum absolute atomic E-state index is 13.6. The highest BCUT2D eigenvalue weighted by atomic mass is 17.2. The van der Waals surface area contributed by atoms with Gasteiger partial charge in [0.1, 0.15) is 6.04 Å². The van der Waals surface area contributed by atoms with E-state index in [2.05, 4.69) is 10.7 Å². The van der Waals surface area contributed by atoms with Crippen LogP contribution >= 0.6 is 0 Å². The summed E-state index contributed by atoms with van der Waals surface area (Å²) < 4.78 is 0. The summed E-state index contributed by atoms with van der Waals surface area (Å²) in [5, 5.41) is 13.5. The summed E-state index contributed by atoms with van der Waals surface area (Å²) in [6, 6.07) is 4.87. The molecule has 0 unspecified atom stereocenters. The number of carboxylic acid groups (broad SMARTS) is 1. The Hall–Kier alpha value is -3.02. The molecule has 0 bridgehead atoms. The van der Waals surface area contributed by atoms with Crippen LogP contribution in [0.2, 0.25) is 0 Å². The first-order valence-corrected chi connectivity index (χ1v) is 13.9. The fourth-order valence-electron chi connectivity index (χ4n) is 4.74. The zero-order valence-electron chi connectivity index (χ0n) is 23.2. The lowest BCUT2D eigenvalue weighted by atomic mass is 9.92. The molecule has 2 aliphatic heterocycles. The Morgan fingerprint density at radius 1 is 1.10 bits per heavy atom. The molecule has 0 saturated carbocycles. The molecule has 3 rings (SSSR count). The first-order chi connectivity index (χ1) is 18.7. The molecule has 2 fully saturated rings. The SMILES string of the molecule is CC(C)COOc1ccc(C(=O)N(N[C@@H](C)C(=O)O)C(=O)[C@@H]2CCCN(C(=O)CCC3CCNCC3)C2)cc1. The molecule has 3 N–H and O–H groups in total. The van der Waals surface area contributed by atoms with E-state index in [4.69, 9.17) is 9.78 Å². The summed E-state index contributed by atoms with van der Waals surface area (Å²) in [6.07, 6.45) is 4.55. The lowest BCUT2D eigenvalue weighted by molar-refractivity contribution is -0.214. The molecule has 39 heavy (non-hydrogen) atoms. The standard InChI is InChI=1S/C28H42N4O7/c1-19(2)18-38-39-24-9-7-22(8-10-24)26(34)32(30-20(3)28(36)37)27(35)23-5-4-16-31(17-23)25(33)11-6-21-12-14-29-15-13-21/h7-10,19-21,23,29-30H,4-6,11-18H2,1-3H3,(H,36,37)/t20-,23+/m0/s1. The maximum Gasteiger partial charge on any atom is 0.322 e. The second-order valence-corrected chi connectivity index (χ2v) is 10.9. The lowest BCUT2D eigenvalue weighted by Gasteiger charge is -2.35. The molecule has 11 nitrogen and oxygen atoms in total. The van der Waals surface area contributed by atoms with Gasteiger partial charge in [0, 0.05) is 25.1 Å². The van der Waals surface area contributed by atoms with Crippen molar-refractivity contribution >= 4 is 23.7 Å². The van der Waals surface area contributed by atoms with E-state index in [9.17, 15) is 24.3 Å². The van der Waals surface area contributed by atoms with Crippen LogP contribution < -0.4 is 15.6 Å². The fraction of sp³-hybridized carbons (Fsp3) is 0.643. The van der Waals surface area contributed by atoms with Crippen molar-refractivity contribution in [1.29, 1.82) is 0 Å². The predicted molar refractivity (Wildman–Crippen MR) is 143 cm³/mol. The van der Waals surface area contributed by atoms with E-state index in [-0.39, 0.29) is 23.9 Å². The summed E-state index contributed by atoms with van der Waals surface area (Å²) in [6.45, 7) is 8.46. The van der Waals surface area contributed by atoms with Gasteiger partial charge in [-0.15, -0.1) is 0 Å². The van der Waals surface area contributed by atoms with E-state index in [0.717, 1.165) is 37.4 Å². The van der Waals surface area contributed by atoms with Gasteiger partial charge in [-0.2, -0.15) is 4.89 Å². The molecule has 0 aromatic heterocycles. The van der Waals surface area contributed by atoms with Crippen LogP contribution in [0.5, 0.6) is 5.75 Å². The summed E-state index contributed by atoms with van der Waals surface area (Å²) in [5.74, 6) is -1.83. The van der Waals surface area contributed by atoms with E-state index in [1.807, 2.05) is 13.8 Å². The van der Waals surface area contributed by atoms with Gasteiger partial charge in [0.15, 0.2) is 5.75 Å². The minimum Gasteiger partial charge on any atom is -0.480 e. The molecule has 2 aliphatic rings. The Morgan fingerprint density at radius 3 is 2.44 bits per heavy atom. The summed E-state index contributed by atoms with van der Waals surface area (Å²) in [4.78, 5) is 63.5. The van der Waals surface area contributed by atoms with Crippen LogP contribution in [-0.2, 0) is 19.3 Å². The number of nitrogens with one attached hydrogen (secondary N) is 2. The van der Waals surface area contributed by atoms with Crippen LogP contribution in [0.15, 0.2) is 24.3 Å². The molecule has 1 aromatic rings. The molecular formula is C28H42N4O7. The molecule has 2 atom stereocenters. The molecule has 3 amide bonds. The average Bonchev–Trinajstić information content (AvgIpc) is 2.94.